The van der Waals surface area contributed by atoms with Crippen molar-refractivity contribution in [2.24, 2.45) is 0 Å². The number of unbranched alkanes of at least 4 members (excludes halogenated alkanes) is 1. The van der Waals surface area contributed by atoms with Gasteiger partial charge in [-0.05, 0) is 39.0 Å². The highest BCUT2D eigenvalue weighted by Gasteiger charge is 2.16. The Hall–Kier alpha value is -0.830. The van der Waals surface area contributed by atoms with Crippen LogP contribution in [0, 0.1) is 6.92 Å². The van der Waals surface area contributed by atoms with Crippen LogP contribution in [0.25, 0.3) is 0 Å². The third-order valence-electron chi connectivity index (χ3n) is 3.39. The van der Waals surface area contributed by atoms with Gasteiger partial charge in [0.25, 0.3) is 5.56 Å². The topological polar surface area (TPSA) is 34.9 Å². The maximum atomic E-state index is 12.3. The Morgan fingerprint density at radius 1 is 1.35 bits per heavy atom. The van der Waals surface area contributed by atoms with Crippen molar-refractivity contribution in [2.75, 3.05) is 5.88 Å². The molecule has 0 aliphatic carbocycles. The molecule has 0 fully saturated rings. The predicted molar refractivity (Wildman–Crippen MR) is 69.8 cm³/mol. The fraction of sp³-hybridized carbons (Fsp3) is 0.692. The minimum atomic E-state index is 0.182. The second-order valence-corrected chi connectivity index (χ2v) is 5.03. The molecular weight excluding hydrogens is 236 g/mol. The monoisotopic (exact) mass is 254 g/mol. The standard InChI is InChI=1S/C13H19ClN2O/c1-10-11(6-2-4-8-14)13(17)16-9-5-3-7-12(16)15-10/h2-9H2,1H3. The zero-order chi connectivity index (χ0) is 12.3. The minimum Gasteiger partial charge on any atom is -0.296 e. The molecule has 17 heavy (non-hydrogen) atoms. The molecule has 0 radical (unpaired) electrons. The molecular formula is C13H19ClN2O. The molecule has 94 valence electrons. The van der Waals surface area contributed by atoms with E-state index < -0.39 is 0 Å². The summed E-state index contributed by atoms with van der Waals surface area (Å²) in [4.78, 5) is 16.9. The zero-order valence-corrected chi connectivity index (χ0v) is 11.1. The van der Waals surface area contributed by atoms with Crippen LogP contribution < -0.4 is 5.56 Å². The van der Waals surface area contributed by atoms with E-state index in [0.29, 0.717) is 5.88 Å². The third-order valence-corrected chi connectivity index (χ3v) is 3.66. The summed E-state index contributed by atoms with van der Waals surface area (Å²) in [6.45, 7) is 2.79. The molecule has 1 aliphatic heterocycles. The Morgan fingerprint density at radius 2 is 2.18 bits per heavy atom. The zero-order valence-electron chi connectivity index (χ0n) is 10.3. The molecule has 0 aromatic carbocycles. The van der Waals surface area contributed by atoms with Gasteiger partial charge in [0.2, 0.25) is 0 Å². The van der Waals surface area contributed by atoms with Gasteiger partial charge in [0.1, 0.15) is 5.82 Å². The minimum absolute atomic E-state index is 0.182. The van der Waals surface area contributed by atoms with Gasteiger partial charge in [-0.2, -0.15) is 0 Å². The van der Waals surface area contributed by atoms with E-state index in [0.717, 1.165) is 62.2 Å². The van der Waals surface area contributed by atoms with E-state index in [9.17, 15) is 4.79 Å². The number of aromatic nitrogens is 2. The van der Waals surface area contributed by atoms with Crippen molar-refractivity contribution in [3.8, 4) is 0 Å². The molecule has 4 heteroatoms. The van der Waals surface area contributed by atoms with Gasteiger partial charge in [-0.3, -0.25) is 9.36 Å². The quantitative estimate of drug-likeness (QED) is 0.611. The van der Waals surface area contributed by atoms with Gasteiger partial charge in [0, 0.05) is 30.1 Å². The highest BCUT2D eigenvalue weighted by Crippen LogP contribution is 2.13. The summed E-state index contributed by atoms with van der Waals surface area (Å²) in [6, 6.07) is 0. The second kappa shape index (κ2) is 5.67. The van der Waals surface area contributed by atoms with E-state index in [1.54, 1.807) is 0 Å². The molecule has 0 bridgehead atoms. The summed E-state index contributed by atoms with van der Waals surface area (Å²) >= 11 is 5.66. The first kappa shape index (κ1) is 12.6. The van der Waals surface area contributed by atoms with Crippen LogP contribution in [0.4, 0.5) is 0 Å². The molecule has 0 atom stereocenters. The van der Waals surface area contributed by atoms with Crippen LogP contribution in [0.15, 0.2) is 4.79 Å². The maximum Gasteiger partial charge on any atom is 0.256 e. The van der Waals surface area contributed by atoms with Crippen molar-refractivity contribution in [3.63, 3.8) is 0 Å². The smallest absolute Gasteiger partial charge is 0.256 e. The summed E-state index contributed by atoms with van der Waals surface area (Å²) in [5.41, 5.74) is 1.99. The first-order valence-corrected chi connectivity index (χ1v) is 6.92. The van der Waals surface area contributed by atoms with Crippen LogP contribution in [-0.2, 0) is 19.4 Å². The average molecular weight is 255 g/mol. The Bertz CT molecular complexity index is 453. The van der Waals surface area contributed by atoms with E-state index in [-0.39, 0.29) is 5.56 Å². The van der Waals surface area contributed by atoms with Crippen molar-refractivity contribution in [1.82, 2.24) is 9.55 Å². The van der Waals surface area contributed by atoms with Gasteiger partial charge in [0.15, 0.2) is 0 Å². The summed E-state index contributed by atoms with van der Waals surface area (Å²) < 4.78 is 1.87. The van der Waals surface area contributed by atoms with Crippen molar-refractivity contribution >= 4 is 11.6 Å². The lowest BCUT2D eigenvalue weighted by molar-refractivity contribution is 0.488. The van der Waals surface area contributed by atoms with Crippen molar-refractivity contribution in [1.29, 1.82) is 0 Å². The molecule has 2 heterocycles. The third kappa shape index (κ3) is 2.71. The Kier molecular flexibility index (Phi) is 4.21. The molecule has 1 aromatic rings. The molecule has 0 saturated carbocycles. The van der Waals surface area contributed by atoms with Crippen LogP contribution in [0.2, 0.25) is 0 Å². The second-order valence-electron chi connectivity index (χ2n) is 4.65. The number of halogens is 1. The lowest BCUT2D eigenvalue weighted by Gasteiger charge is -2.19. The van der Waals surface area contributed by atoms with Crippen LogP contribution in [0.3, 0.4) is 0 Å². The Morgan fingerprint density at radius 3 is 2.94 bits per heavy atom. The summed E-state index contributed by atoms with van der Waals surface area (Å²) in [6.07, 6.45) is 5.93. The van der Waals surface area contributed by atoms with Gasteiger partial charge < -0.3 is 0 Å². The van der Waals surface area contributed by atoms with Crippen molar-refractivity contribution in [3.05, 3.63) is 27.4 Å². The number of aryl methyl sites for hydroxylation is 2. The van der Waals surface area contributed by atoms with E-state index >= 15 is 0 Å². The summed E-state index contributed by atoms with van der Waals surface area (Å²) in [5.74, 6) is 1.64. The van der Waals surface area contributed by atoms with Crippen LogP contribution in [-0.4, -0.2) is 15.4 Å². The lowest BCUT2D eigenvalue weighted by Crippen LogP contribution is -2.32. The van der Waals surface area contributed by atoms with E-state index in [4.69, 9.17) is 11.6 Å². The molecule has 1 aliphatic rings. The predicted octanol–water partition coefficient (Wildman–Crippen LogP) is 2.45. The van der Waals surface area contributed by atoms with Crippen molar-refractivity contribution < 1.29 is 0 Å². The van der Waals surface area contributed by atoms with E-state index in [1.165, 1.54) is 0 Å². The number of rotatable bonds is 4. The SMILES string of the molecule is Cc1nc2n(c(=O)c1CCCCCl)CCCC2. The highest BCUT2D eigenvalue weighted by molar-refractivity contribution is 6.17. The van der Waals surface area contributed by atoms with Crippen molar-refractivity contribution in [2.45, 2.75) is 52.0 Å². The van der Waals surface area contributed by atoms with E-state index in [2.05, 4.69) is 4.98 Å². The average Bonchev–Trinajstić information content (AvgIpc) is 2.33. The van der Waals surface area contributed by atoms with Gasteiger partial charge in [-0.25, -0.2) is 4.98 Å². The normalized spacial score (nSPS) is 14.7. The Labute approximate surface area is 107 Å². The molecule has 0 amide bonds. The van der Waals surface area contributed by atoms with Crippen LogP contribution >= 0.6 is 11.6 Å². The number of hydrogen-bond acceptors (Lipinski definition) is 2. The molecule has 0 saturated heterocycles. The Balaban J connectivity index is 2.29. The van der Waals surface area contributed by atoms with Crippen LogP contribution in [0.1, 0.15) is 42.8 Å². The molecule has 0 N–H and O–H groups in total. The maximum absolute atomic E-state index is 12.3. The molecule has 3 nitrogen and oxygen atoms in total. The fourth-order valence-electron chi connectivity index (χ4n) is 2.41. The van der Waals surface area contributed by atoms with Gasteiger partial charge >= 0.3 is 0 Å². The van der Waals surface area contributed by atoms with Gasteiger partial charge in [-0.15, -0.1) is 11.6 Å². The summed E-state index contributed by atoms with van der Waals surface area (Å²) in [5, 5.41) is 0. The fourth-order valence-corrected chi connectivity index (χ4v) is 2.60. The number of alkyl halides is 1. The number of hydrogen-bond donors (Lipinski definition) is 0. The van der Waals surface area contributed by atoms with Gasteiger partial charge in [0.05, 0.1) is 0 Å². The molecule has 1 aromatic heterocycles. The molecule has 0 spiro atoms. The largest absolute Gasteiger partial charge is 0.296 e. The number of nitrogens with zero attached hydrogens (tertiary/aromatic N) is 2. The van der Waals surface area contributed by atoms with E-state index in [1.807, 2.05) is 11.5 Å². The first-order chi connectivity index (χ1) is 8.24. The molecule has 0 unspecified atom stereocenters. The summed E-state index contributed by atoms with van der Waals surface area (Å²) in [7, 11) is 0. The molecule has 2 rings (SSSR count). The van der Waals surface area contributed by atoms with Crippen LogP contribution in [0.5, 0.6) is 0 Å². The lowest BCUT2D eigenvalue weighted by atomic mass is 10.1. The first-order valence-electron chi connectivity index (χ1n) is 6.39. The van der Waals surface area contributed by atoms with Gasteiger partial charge in [-0.1, -0.05) is 0 Å². The highest BCUT2D eigenvalue weighted by atomic mass is 35.5. The number of fused-ring (bicyclic) bond motifs is 1.